The van der Waals surface area contributed by atoms with Crippen LogP contribution >= 0.6 is 12.0 Å². The second kappa shape index (κ2) is 5.21. The Bertz CT molecular complexity index is 248. The molecular weight excluding hydrogens is 191 g/mol. The average molecular weight is 202 g/mol. The van der Waals surface area contributed by atoms with Crippen LogP contribution in [0, 0.1) is 0 Å². The molecule has 13 heavy (non-hydrogen) atoms. The van der Waals surface area contributed by atoms with Gasteiger partial charge in [-0.1, -0.05) is 26.0 Å². The lowest BCUT2D eigenvalue weighted by molar-refractivity contribution is -0.358. The van der Waals surface area contributed by atoms with Crippen LogP contribution in [0.2, 0.25) is 0 Å². The molecule has 0 spiro atoms. The van der Waals surface area contributed by atoms with Gasteiger partial charge in [-0.05, 0) is 33.2 Å². The molecule has 0 fully saturated rings. The molecule has 0 saturated carbocycles. The van der Waals surface area contributed by atoms with Gasteiger partial charge in [0.1, 0.15) is 0 Å². The van der Waals surface area contributed by atoms with Crippen LogP contribution < -0.4 is 0 Å². The molecule has 0 N–H and O–H groups in total. The van der Waals surface area contributed by atoms with Crippen molar-refractivity contribution in [2.24, 2.45) is 0 Å². The van der Waals surface area contributed by atoms with E-state index in [4.69, 9.17) is 0 Å². The van der Waals surface area contributed by atoms with E-state index < -0.39 is 0 Å². The monoisotopic (exact) mass is 202 g/mol. The van der Waals surface area contributed by atoms with Crippen LogP contribution in [0.1, 0.15) is 25.3 Å². The van der Waals surface area contributed by atoms with Gasteiger partial charge in [-0.3, -0.25) is 0 Å². The number of hydrogen-bond donors (Lipinski definition) is 0. The van der Waals surface area contributed by atoms with Crippen molar-refractivity contribution in [2.45, 2.75) is 24.7 Å². The fourth-order valence-corrected chi connectivity index (χ4v) is 1.31. The zero-order valence-corrected chi connectivity index (χ0v) is 8.31. The molecule has 0 unspecified atom stereocenters. The van der Waals surface area contributed by atoms with E-state index in [0.29, 0.717) is 5.92 Å². The summed E-state index contributed by atoms with van der Waals surface area (Å²) < 4.78 is 15.2. The summed E-state index contributed by atoms with van der Waals surface area (Å²) in [6.07, 6.45) is 0. The van der Waals surface area contributed by atoms with E-state index in [-0.39, 0.29) is 0 Å². The SMILES string of the molecule is CC(C)c1ccc(SOOF)cc1. The molecule has 1 aromatic carbocycles. The van der Waals surface area contributed by atoms with Crippen LogP contribution in [0.4, 0.5) is 4.53 Å². The lowest BCUT2D eigenvalue weighted by atomic mass is 10.0. The van der Waals surface area contributed by atoms with Crippen molar-refractivity contribution < 1.29 is 14.0 Å². The van der Waals surface area contributed by atoms with Crippen LogP contribution in [0.5, 0.6) is 0 Å². The molecule has 1 aromatic rings. The smallest absolute Gasteiger partial charge is 0.0717 e. The van der Waals surface area contributed by atoms with Gasteiger partial charge in [0, 0.05) is 4.90 Å². The van der Waals surface area contributed by atoms with Crippen molar-refractivity contribution in [3.63, 3.8) is 0 Å². The maximum atomic E-state index is 11.1. The van der Waals surface area contributed by atoms with E-state index in [1.807, 2.05) is 24.3 Å². The van der Waals surface area contributed by atoms with Gasteiger partial charge in [0.05, 0.1) is 12.0 Å². The first-order chi connectivity index (χ1) is 6.24. The van der Waals surface area contributed by atoms with Crippen LogP contribution in [-0.4, -0.2) is 0 Å². The molecule has 0 aliphatic heterocycles. The minimum absolute atomic E-state index is 0.498. The van der Waals surface area contributed by atoms with Crippen molar-refractivity contribution in [3.8, 4) is 0 Å². The first kappa shape index (κ1) is 10.5. The summed E-state index contributed by atoms with van der Waals surface area (Å²) in [4.78, 5) is 0.807. The van der Waals surface area contributed by atoms with Gasteiger partial charge in [-0.2, -0.15) is 0 Å². The van der Waals surface area contributed by atoms with Crippen LogP contribution in [0.25, 0.3) is 0 Å². The van der Waals surface area contributed by atoms with Gasteiger partial charge in [0.2, 0.25) is 0 Å². The summed E-state index contributed by atoms with van der Waals surface area (Å²) in [5.74, 6) is 0.498. The molecule has 0 aliphatic rings. The fourth-order valence-electron chi connectivity index (χ4n) is 0.960. The molecule has 0 bridgehead atoms. The van der Waals surface area contributed by atoms with E-state index in [1.54, 1.807) is 0 Å². The topological polar surface area (TPSA) is 18.5 Å². The Balaban J connectivity index is 2.59. The summed E-state index contributed by atoms with van der Waals surface area (Å²) in [7, 11) is 0. The van der Waals surface area contributed by atoms with E-state index in [9.17, 15) is 4.53 Å². The third-order valence-corrected chi connectivity index (χ3v) is 2.29. The number of halogens is 1. The minimum Gasteiger partial charge on any atom is -0.123 e. The highest BCUT2D eigenvalue weighted by atomic mass is 32.2. The molecule has 0 saturated heterocycles. The van der Waals surface area contributed by atoms with Gasteiger partial charge in [0.25, 0.3) is 0 Å². The molecule has 0 aliphatic carbocycles. The third-order valence-electron chi connectivity index (χ3n) is 1.70. The van der Waals surface area contributed by atoms with Gasteiger partial charge < -0.3 is 0 Å². The average Bonchev–Trinajstić information content (AvgIpc) is 2.15. The molecule has 0 amide bonds. The van der Waals surface area contributed by atoms with E-state index in [0.717, 1.165) is 16.9 Å². The van der Waals surface area contributed by atoms with Crippen LogP contribution in [0.15, 0.2) is 29.2 Å². The number of benzene rings is 1. The highest BCUT2D eigenvalue weighted by Gasteiger charge is 1.99. The quantitative estimate of drug-likeness (QED) is 0.422. The molecule has 0 atom stereocenters. The largest absolute Gasteiger partial charge is 0.123 e. The third kappa shape index (κ3) is 3.34. The number of rotatable bonds is 4. The Morgan fingerprint density at radius 3 is 2.31 bits per heavy atom. The fraction of sp³-hybridized carbons (Fsp3) is 0.333. The number of hydrogen-bond acceptors (Lipinski definition) is 3. The summed E-state index contributed by atoms with van der Waals surface area (Å²) in [5.41, 5.74) is 1.24. The van der Waals surface area contributed by atoms with Gasteiger partial charge in [-0.15, -0.1) is 4.33 Å². The molecule has 72 valence electrons. The van der Waals surface area contributed by atoms with E-state index >= 15 is 0 Å². The Hall–Kier alpha value is -0.580. The maximum Gasteiger partial charge on any atom is 0.0717 e. The molecule has 4 heteroatoms. The zero-order valence-electron chi connectivity index (χ0n) is 7.49. The van der Waals surface area contributed by atoms with Crippen molar-refractivity contribution in [2.75, 3.05) is 0 Å². The molecule has 1 rings (SSSR count). The van der Waals surface area contributed by atoms with Crippen molar-refractivity contribution >= 4 is 12.0 Å². The van der Waals surface area contributed by atoms with Crippen molar-refractivity contribution in [1.82, 2.24) is 0 Å². The summed E-state index contributed by atoms with van der Waals surface area (Å²) >= 11 is 0.844. The standard InChI is InChI=1S/C9H11FO2S/c1-7(2)8-3-5-9(6-4-8)13-12-11-10/h3-7H,1-2H3. The Labute approximate surface area is 81.1 Å². The first-order valence-electron chi connectivity index (χ1n) is 3.96. The second-order valence-electron chi connectivity index (χ2n) is 2.94. The lowest BCUT2D eigenvalue weighted by Gasteiger charge is -2.04. The van der Waals surface area contributed by atoms with Crippen LogP contribution in [0.3, 0.4) is 0 Å². The highest BCUT2D eigenvalue weighted by Crippen LogP contribution is 2.22. The Morgan fingerprint density at radius 2 is 1.85 bits per heavy atom. The minimum atomic E-state index is 0.498. The van der Waals surface area contributed by atoms with Crippen molar-refractivity contribution in [1.29, 1.82) is 0 Å². The molecule has 0 radical (unpaired) electrons. The summed E-state index contributed by atoms with van der Waals surface area (Å²) in [5, 5.41) is 2.99. The molecule has 0 aromatic heterocycles. The summed E-state index contributed by atoms with van der Waals surface area (Å²) in [6.45, 7) is 4.23. The van der Waals surface area contributed by atoms with E-state index in [2.05, 4.69) is 23.3 Å². The summed E-state index contributed by atoms with van der Waals surface area (Å²) in [6, 6.07) is 7.68. The predicted octanol–water partition coefficient (Wildman–Crippen LogP) is 3.65. The van der Waals surface area contributed by atoms with Gasteiger partial charge in [-0.25, -0.2) is 0 Å². The highest BCUT2D eigenvalue weighted by molar-refractivity contribution is 7.94. The molecule has 0 heterocycles. The Morgan fingerprint density at radius 1 is 1.23 bits per heavy atom. The first-order valence-corrected chi connectivity index (χ1v) is 4.70. The normalized spacial score (nSPS) is 10.8. The Kier molecular flexibility index (Phi) is 4.21. The van der Waals surface area contributed by atoms with E-state index in [1.165, 1.54) is 5.56 Å². The van der Waals surface area contributed by atoms with Crippen LogP contribution in [-0.2, 0) is 9.43 Å². The predicted molar refractivity (Wildman–Crippen MR) is 49.7 cm³/mol. The van der Waals surface area contributed by atoms with Gasteiger partial charge >= 0.3 is 0 Å². The maximum absolute atomic E-state index is 11.1. The lowest BCUT2D eigenvalue weighted by Crippen LogP contribution is -1.85. The van der Waals surface area contributed by atoms with Gasteiger partial charge in [0.15, 0.2) is 0 Å². The second-order valence-corrected chi connectivity index (χ2v) is 3.71. The van der Waals surface area contributed by atoms with Crippen molar-refractivity contribution in [3.05, 3.63) is 29.8 Å². The molecule has 2 nitrogen and oxygen atoms in total. The zero-order chi connectivity index (χ0) is 9.68. The molecular formula is C9H11FO2S.